The van der Waals surface area contributed by atoms with Crippen molar-refractivity contribution in [3.63, 3.8) is 0 Å². The first kappa shape index (κ1) is 11.7. The van der Waals surface area contributed by atoms with Crippen molar-refractivity contribution in [2.45, 2.75) is 11.3 Å². The van der Waals surface area contributed by atoms with Gasteiger partial charge in [0, 0.05) is 22.2 Å². The summed E-state index contributed by atoms with van der Waals surface area (Å²) in [5, 5.41) is 0.609. The number of thioether (sulfide) groups is 1. The maximum Gasteiger partial charge on any atom is 0.163 e. The Labute approximate surface area is 95.2 Å². The zero-order chi connectivity index (χ0) is 10.6. The highest BCUT2D eigenvalue weighted by atomic mass is 79.9. The van der Waals surface area contributed by atoms with Crippen LogP contribution in [0.15, 0.2) is 23.1 Å². The molecule has 1 nitrogen and oxygen atoms in total. The van der Waals surface area contributed by atoms with Crippen molar-refractivity contribution in [1.82, 2.24) is 0 Å². The minimum absolute atomic E-state index is 0.0339. The fraction of sp³-hybridized carbons (Fsp3) is 0.300. The smallest absolute Gasteiger partial charge is 0.163 e. The number of hydrogen-bond acceptors (Lipinski definition) is 2. The molecule has 0 atom stereocenters. The Hall–Kier alpha value is -0.350. The molecule has 0 aliphatic heterocycles. The van der Waals surface area contributed by atoms with E-state index in [9.17, 15) is 9.18 Å². The second-order valence-corrected chi connectivity index (χ2v) is 4.35. The van der Waals surface area contributed by atoms with E-state index in [4.69, 9.17) is 0 Å². The maximum atomic E-state index is 13.3. The third-order valence-electron chi connectivity index (χ3n) is 1.80. The highest BCUT2D eigenvalue weighted by molar-refractivity contribution is 9.09. The molecule has 0 saturated carbocycles. The molecule has 0 bridgehead atoms. The van der Waals surface area contributed by atoms with Crippen LogP contribution in [0.4, 0.5) is 4.39 Å². The summed E-state index contributed by atoms with van der Waals surface area (Å²) >= 11 is 4.51. The van der Waals surface area contributed by atoms with Crippen LogP contribution in [0.3, 0.4) is 0 Å². The number of benzene rings is 1. The van der Waals surface area contributed by atoms with Crippen molar-refractivity contribution in [2.75, 3.05) is 11.6 Å². The summed E-state index contributed by atoms with van der Waals surface area (Å²) in [7, 11) is 0. The molecule has 1 aromatic rings. The topological polar surface area (TPSA) is 17.1 Å². The molecule has 0 aliphatic carbocycles. The van der Waals surface area contributed by atoms with Crippen molar-refractivity contribution in [1.29, 1.82) is 0 Å². The van der Waals surface area contributed by atoms with Crippen LogP contribution >= 0.6 is 27.7 Å². The largest absolute Gasteiger partial charge is 0.294 e. The first-order chi connectivity index (χ1) is 6.69. The van der Waals surface area contributed by atoms with Crippen molar-refractivity contribution in [3.05, 3.63) is 29.6 Å². The molecule has 0 fully saturated rings. The molecule has 0 saturated heterocycles. The number of ketones is 1. The molecule has 0 radical (unpaired) electrons. The van der Waals surface area contributed by atoms with Crippen molar-refractivity contribution < 1.29 is 9.18 Å². The van der Waals surface area contributed by atoms with E-state index in [1.165, 1.54) is 17.8 Å². The Kier molecular flexibility index (Phi) is 4.62. The normalized spacial score (nSPS) is 10.2. The molecule has 1 aromatic carbocycles. The van der Waals surface area contributed by atoms with Crippen LogP contribution in [0, 0.1) is 5.82 Å². The number of carbonyl (C=O) groups is 1. The van der Waals surface area contributed by atoms with E-state index >= 15 is 0 Å². The molecule has 0 spiro atoms. The average Bonchev–Trinajstić information content (AvgIpc) is 2.18. The van der Waals surface area contributed by atoms with E-state index in [0.29, 0.717) is 22.2 Å². The number of carbonyl (C=O) groups excluding carboxylic acids is 1. The highest BCUT2D eigenvalue weighted by Crippen LogP contribution is 2.20. The van der Waals surface area contributed by atoms with Crippen molar-refractivity contribution in [2.24, 2.45) is 0 Å². The van der Waals surface area contributed by atoms with Crippen LogP contribution in [0.1, 0.15) is 16.8 Å². The number of halogens is 2. The summed E-state index contributed by atoms with van der Waals surface area (Å²) in [5.74, 6) is -0.355. The van der Waals surface area contributed by atoms with Gasteiger partial charge >= 0.3 is 0 Å². The van der Waals surface area contributed by atoms with Gasteiger partial charge in [-0.05, 0) is 18.4 Å². The Morgan fingerprint density at radius 1 is 1.57 bits per heavy atom. The molecule has 0 aromatic heterocycles. The molecule has 0 aliphatic rings. The summed E-state index contributed by atoms with van der Waals surface area (Å²) in [6.45, 7) is 0. The summed E-state index contributed by atoms with van der Waals surface area (Å²) in [6.07, 6.45) is 2.20. The van der Waals surface area contributed by atoms with Crippen LogP contribution in [0.25, 0.3) is 0 Å². The molecular formula is C10H10BrFOS. The van der Waals surface area contributed by atoms with E-state index < -0.39 is 0 Å². The first-order valence-corrected chi connectivity index (χ1v) is 6.46. The minimum Gasteiger partial charge on any atom is -0.294 e. The van der Waals surface area contributed by atoms with E-state index in [2.05, 4.69) is 15.9 Å². The molecule has 14 heavy (non-hydrogen) atoms. The summed E-state index contributed by atoms with van der Waals surface area (Å²) in [4.78, 5) is 12.0. The lowest BCUT2D eigenvalue weighted by Crippen LogP contribution is -2.00. The molecule has 0 unspecified atom stereocenters. The van der Waals surface area contributed by atoms with Gasteiger partial charge in [-0.25, -0.2) is 4.39 Å². The average molecular weight is 277 g/mol. The van der Waals surface area contributed by atoms with Gasteiger partial charge in [0.25, 0.3) is 0 Å². The molecule has 0 heterocycles. The van der Waals surface area contributed by atoms with E-state index in [1.54, 1.807) is 18.4 Å². The number of rotatable bonds is 4. The second-order valence-electron chi connectivity index (χ2n) is 2.71. The van der Waals surface area contributed by atoms with Gasteiger partial charge in [-0.3, -0.25) is 4.79 Å². The zero-order valence-corrected chi connectivity index (χ0v) is 10.1. The zero-order valence-electron chi connectivity index (χ0n) is 7.72. The highest BCUT2D eigenvalue weighted by Gasteiger charge is 2.08. The minimum atomic E-state index is -0.321. The van der Waals surface area contributed by atoms with E-state index in [0.717, 1.165) is 0 Å². The Morgan fingerprint density at radius 3 is 2.79 bits per heavy atom. The predicted molar refractivity (Wildman–Crippen MR) is 60.9 cm³/mol. The lowest BCUT2D eigenvalue weighted by molar-refractivity contribution is 0.0989. The van der Waals surface area contributed by atoms with Crippen molar-refractivity contribution >= 4 is 33.5 Å². The number of alkyl halides is 1. The fourth-order valence-electron chi connectivity index (χ4n) is 1.07. The van der Waals surface area contributed by atoms with Gasteiger partial charge in [-0.15, -0.1) is 11.8 Å². The molecule has 4 heteroatoms. The molecule has 76 valence electrons. The molecule has 1 rings (SSSR count). The standard InChI is InChI=1S/C10H10BrFOS/c1-14-10-3-2-7(6-8(10)12)9(13)4-5-11/h2-3,6H,4-5H2,1H3. The van der Waals surface area contributed by atoms with Gasteiger partial charge in [-0.1, -0.05) is 22.0 Å². The third kappa shape index (κ3) is 2.82. The molecule has 0 N–H and O–H groups in total. The van der Waals surface area contributed by atoms with E-state index in [-0.39, 0.29) is 11.6 Å². The Morgan fingerprint density at radius 2 is 2.29 bits per heavy atom. The Bertz CT molecular complexity index is 341. The summed E-state index contributed by atoms with van der Waals surface area (Å²) in [6, 6.07) is 4.61. The van der Waals surface area contributed by atoms with Gasteiger partial charge in [0.05, 0.1) is 0 Å². The quantitative estimate of drug-likeness (QED) is 0.476. The van der Waals surface area contributed by atoms with Crippen LogP contribution in [-0.4, -0.2) is 17.4 Å². The van der Waals surface area contributed by atoms with Gasteiger partial charge in [0.15, 0.2) is 5.78 Å². The Balaban J connectivity index is 2.91. The van der Waals surface area contributed by atoms with Gasteiger partial charge in [-0.2, -0.15) is 0 Å². The van der Waals surface area contributed by atoms with Crippen LogP contribution in [-0.2, 0) is 0 Å². The third-order valence-corrected chi connectivity index (χ3v) is 2.96. The second kappa shape index (κ2) is 5.51. The lowest BCUT2D eigenvalue weighted by Gasteiger charge is -2.02. The maximum absolute atomic E-state index is 13.3. The predicted octanol–water partition coefficient (Wildman–Crippen LogP) is 3.52. The molecule has 0 amide bonds. The van der Waals surface area contributed by atoms with Crippen molar-refractivity contribution in [3.8, 4) is 0 Å². The van der Waals surface area contributed by atoms with Crippen LogP contribution in [0.2, 0.25) is 0 Å². The SMILES string of the molecule is CSc1ccc(C(=O)CCBr)cc1F. The van der Waals surface area contributed by atoms with Gasteiger partial charge < -0.3 is 0 Å². The number of Topliss-reactive ketones (excluding diaryl/α,β-unsaturated/α-hetero) is 1. The summed E-state index contributed by atoms with van der Waals surface area (Å²) < 4.78 is 13.3. The van der Waals surface area contributed by atoms with Crippen LogP contribution in [0.5, 0.6) is 0 Å². The summed E-state index contributed by atoms with van der Waals surface area (Å²) in [5.41, 5.74) is 0.444. The fourth-order valence-corrected chi connectivity index (χ4v) is 1.89. The van der Waals surface area contributed by atoms with Crippen LogP contribution < -0.4 is 0 Å². The molecular weight excluding hydrogens is 267 g/mol. The van der Waals surface area contributed by atoms with Gasteiger partial charge in [0.1, 0.15) is 5.82 Å². The van der Waals surface area contributed by atoms with Gasteiger partial charge in [0.2, 0.25) is 0 Å². The lowest BCUT2D eigenvalue weighted by atomic mass is 10.1. The number of hydrogen-bond donors (Lipinski definition) is 0. The first-order valence-electron chi connectivity index (χ1n) is 4.11. The monoisotopic (exact) mass is 276 g/mol. The van der Waals surface area contributed by atoms with E-state index in [1.807, 2.05) is 0 Å².